The molecular weight excluding hydrogens is 468 g/mol. The Kier molecular flexibility index (Phi) is 7.31. The number of benzene rings is 1. The van der Waals surface area contributed by atoms with Gasteiger partial charge in [0, 0.05) is 36.4 Å². The Labute approximate surface area is 218 Å². The Balaban J connectivity index is 1.55. The maximum atomic E-state index is 12.0. The van der Waals surface area contributed by atoms with Crippen LogP contribution in [0.5, 0.6) is 17.6 Å². The molecule has 0 radical (unpaired) electrons. The minimum atomic E-state index is -0.661. The summed E-state index contributed by atoms with van der Waals surface area (Å²) in [4.78, 5) is 13.7. The molecule has 6 rings (SSSR count). The van der Waals surface area contributed by atoms with E-state index in [9.17, 15) is 5.11 Å². The third-order valence-electron chi connectivity index (χ3n) is 8.12. The molecule has 1 N–H and O–H groups in total. The van der Waals surface area contributed by atoms with Crippen LogP contribution in [-0.2, 0) is 6.54 Å². The average molecular weight is 506 g/mol. The SMILES string of the molecule is C=CC1C[N+]2(Cc3cc(OCC)nc(OCC)n3)CCC1CC2C(O)c1ccnc2ccc(OC)cc12. The van der Waals surface area contributed by atoms with Gasteiger partial charge in [0.2, 0.25) is 5.88 Å². The Hall–Kier alpha value is -3.23. The topological polar surface area (TPSA) is 86.6 Å². The van der Waals surface area contributed by atoms with Gasteiger partial charge in [-0.05, 0) is 49.6 Å². The molecule has 2 aromatic heterocycles. The van der Waals surface area contributed by atoms with E-state index in [1.807, 2.05) is 44.2 Å². The largest absolute Gasteiger partial charge is 0.497 e. The molecular formula is C29H37N4O4+. The first kappa shape index (κ1) is 25.4. The van der Waals surface area contributed by atoms with Gasteiger partial charge < -0.3 is 23.8 Å². The number of fused-ring (bicyclic) bond motifs is 4. The predicted molar refractivity (Wildman–Crippen MR) is 142 cm³/mol. The van der Waals surface area contributed by atoms with Crippen LogP contribution in [0.2, 0.25) is 0 Å². The Morgan fingerprint density at radius 2 is 2.00 bits per heavy atom. The summed E-state index contributed by atoms with van der Waals surface area (Å²) < 4.78 is 17.6. The van der Waals surface area contributed by atoms with E-state index < -0.39 is 6.10 Å². The highest BCUT2D eigenvalue weighted by Gasteiger charge is 2.54. The monoisotopic (exact) mass is 505 g/mol. The molecule has 37 heavy (non-hydrogen) atoms. The van der Waals surface area contributed by atoms with Crippen molar-refractivity contribution in [3.05, 3.63) is 60.4 Å². The molecule has 1 aromatic carbocycles. The molecule has 0 spiro atoms. The van der Waals surface area contributed by atoms with E-state index in [-0.39, 0.29) is 6.04 Å². The summed E-state index contributed by atoms with van der Waals surface area (Å²) in [6.07, 6.45) is 5.25. The number of piperidine rings is 3. The Bertz CT molecular complexity index is 1240. The molecule has 3 saturated heterocycles. The van der Waals surface area contributed by atoms with Gasteiger partial charge in [0.15, 0.2) is 0 Å². The zero-order valence-corrected chi connectivity index (χ0v) is 22.0. The van der Waals surface area contributed by atoms with Crippen molar-refractivity contribution in [2.75, 3.05) is 33.4 Å². The van der Waals surface area contributed by atoms with Crippen molar-refractivity contribution in [2.24, 2.45) is 11.8 Å². The lowest BCUT2D eigenvalue weighted by molar-refractivity contribution is -0.985. The maximum absolute atomic E-state index is 12.0. The fraction of sp³-hybridized carbons (Fsp3) is 0.483. The van der Waals surface area contributed by atoms with Crippen molar-refractivity contribution in [3.8, 4) is 17.6 Å². The van der Waals surface area contributed by atoms with Crippen LogP contribution in [0, 0.1) is 11.8 Å². The van der Waals surface area contributed by atoms with Gasteiger partial charge in [-0.25, -0.2) is 0 Å². The number of pyridine rings is 1. The van der Waals surface area contributed by atoms with Crippen LogP contribution in [0.15, 0.2) is 49.2 Å². The molecule has 196 valence electrons. The molecule has 3 aliphatic rings. The first-order chi connectivity index (χ1) is 18.0. The molecule has 3 aromatic rings. The van der Waals surface area contributed by atoms with E-state index in [0.717, 1.165) is 58.3 Å². The number of ether oxygens (including phenoxy) is 3. The average Bonchev–Trinajstić information content (AvgIpc) is 2.92. The molecule has 2 bridgehead atoms. The van der Waals surface area contributed by atoms with Gasteiger partial charge in [0.1, 0.15) is 30.1 Å². The third-order valence-corrected chi connectivity index (χ3v) is 8.12. The lowest BCUT2D eigenvalue weighted by atomic mass is 9.71. The summed E-state index contributed by atoms with van der Waals surface area (Å²) in [5.41, 5.74) is 2.60. The number of aliphatic hydroxyl groups excluding tert-OH is 1. The van der Waals surface area contributed by atoms with Crippen LogP contribution in [-0.4, -0.2) is 64.0 Å². The number of aliphatic hydroxyl groups is 1. The van der Waals surface area contributed by atoms with Crippen LogP contribution in [0.1, 0.15) is 44.1 Å². The van der Waals surface area contributed by atoms with Gasteiger partial charge in [-0.3, -0.25) is 4.98 Å². The number of nitrogens with zero attached hydrogens (tertiary/aromatic N) is 4. The van der Waals surface area contributed by atoms with Gasteiger partial charge in [0.05, 0.1) is 38.9 Å². The maximum Gasteiger partial charge on any atom is 0.320 e. The summed E-state index contributed by atoms with van der Waals surface area (Å²) in [7, 11) is 1.66. The van der Waals surface area contributed by atoms with E-state index in [1.54, 1.807) is 13.3 Å². The number of methoxy groups -OCH3 is 1. The van der Waals surface area contributed by atoms with Crippen LogP contribution in [0.25, 0.3) is 10.9 Å². The minimum Gasteiger partial charge on any atom is -0.497 e. The number of rotatable bonds is 10. The van der Waals surface area contributed by atoms with E-state index in [2.05, 4.69) is 22.6 Å². The molecule has 8 nitrogen and oxygen atoms in total. The molecule has 0 amide bonds. The van der Waals surface area contributed by atoms with Crippen LogP contribution in [0.3, 0.4) is 0 Å². The summed E-state index contributed by atoms with van der Waals surface area (Å²) in [6.45, 7) is 11.6. The van der Waals surface area contributed by atoms with Gasteiger partial charge in [-0.2, -0.15) is 9.97 Å². The van der Waals surface area contributed by atoms with Crippen molar-refractivity contribution in [1.29, 1.82) is 0 Å². The second-order valence-electron chi connectivity index (χ2n) is 10.1. The van der Waals surface area contributed by atoms with Crippen molar-refractivity contribution in [2.45, 2.75) is 45.4 Å². The number of aromatic nitrogens is 3. The summed E-state index contributed by atoms with van der Waals surface area (Å²) in [5, 5.41) is 12.9. The second kappa shape index (κ2) is 10.6. The predicted octanol–water partition coefficient (Wildman–Crippen LogP) is 4.48. The summed E-state index contributed by atoms with van der Waals surface area (Å²) in [6, 6.07) is 10.0. The molecule has 5 heterocycles. The van der Waals surface area contributed by atoms with Crippen molar-refractivity contribution >= 4 is 10.9 Å². The van der Waals surface area contributed by atoms with Gasteiger partial charge in [-0.1, -0.05) is 6.08 Å². The fourth-order valence-corrected chi connectivity index (χ4v) is 6.39. The zero-order chi connectivity index (χ0) is 26.0. The molecule has 5 atom stereocenters. The van der Waals surface area contributed by atoms with Crippen molar-refractivity contribution < 1.29 is 23.8 Å². The number of hydrogen-bond acceptors (Lipinski definition) is 7. The normalized spacial score (nSPS) is 25.6. The highest BCUT2D eigenvalue weighted by Crippen LogP contribution is 2.48. The number of hydrogen-bond donors (Lipinski definition) is 1. The molecule has 0 aliphatic carbocycles. The second-order valence-corrected chi connectivity index (χ2v) is 10.1. The molecule has 3 aliphatic heterocycles. The van der Waals surface area contributed by atoms with Gasteiger partial charge in [-0.15, -0.1) is 6.58 Å². The Morgan fingerprint density at radius 1 is 1.16 bits per heavy atom. The standard InChI is InChI=1S/C29H37N4O4/c1-5-19-17-33(18-21-15-27(36-6-2)32-29(31-21)37-7-3)13-11-20(19)14-26(33)28(34)23-10-12-30-25-9-8-22(35-4)16-24(23)25/h5,8-10,12,15-16,19-20,26,28,34H,1,6-7,11,13-14,17-18H2,2-4H3/q+1. The minimum absolute atomic E-state index is 0.00723. The first-order valence-corrected chi connectivity index (χ1v) is 13.2. The summed E-state index contributed by atoms with van der Waals surface area (Å²) in [5.74, 6) is 2.20. The van der Waals surface area contributed by atoms with Crippen molar-refractivity contribution in [1.82, 2.24) is 15.0 Å². The smallest absolute Gasteiger partial charge is 0.320 e. The summed E-state index contributed by atoms with van der Waals surface area (Å²) >= 11 is 0. The van der Waals surface area contributed by atoms with Gasteiger partial charge in [0.25, 0.3) is 0 Å². The highest BCUT2D eigenvalue weighted by atomic mass is 16.5. The Morgan fingerprint density at radius 3 is 2.76 bits per heavy atom. The van der Waals surface area contributed by atoms with E-state index in [4.69, 9.17) is 19.2 Å². The molecule has 3 fully saturated rings. The quantitative estimate of drug-likeness (QED) is 0.321. The lowest BCUT2D eigenvalue weighted by Gasteiger charge is -2.58. The fourth-order valence-electron chi connectivity index (χ4n) is 6.39. The molecule has 5 unspecified atom stereocenters. The number of quaternary nitrogens is 1. The van der Waals surface area contributed by atoms with Crippen LogP contribution >= 0.6 is 0 Å². The first-order valence-electron chi connectivity index (χ1n) is 13.2. The van der Waals surface area contributed by atoms with E-state index >= 15 is 0 Å². The van der Waals surface area contributed by atoms with Crippen LogP contribution in [0.4, 0.5) is 0 Å². The third kappa shape index (κ3) is 4.88. The molecule has 8 heteroatoms. The zero-order valence-electron chi connectivity index (χ0n) is 22.0. The van der Waals surface area contributed by atoms with E-state index in [0.29, 0.717) is 43.5 Å². The van der Waals surface area contributed by atoms with Gasteiger partial charge >= 0.3 is 6.01 Å². The van der Waals surface area contributed by atoms with Crippen molar-refractivity contribution in [3.63, 3.8) is 0 Å². The van der Waals surface area contributed by atoms with E-state index in [1.165, 1.54) is 0 Å². The molecule has 0 saturated carbocycles. The highest BCUT2D eigenvalue weighted by molar-refractivity contribution is 5.83. The lowest BCUT2D eigenvalue weighted by Crippen LogP contribution is -2.67. The van der Waals surface area contributed by atoms with Crippen LogP contribution < -0.4 is 14.2 Å².